The number of likely N-dealkylation sites (tertiary alicyclic amines) is 1. The molecule has 0 aromatic carbocycles. The molecule has 0 saturated carbocycles. The molecule has 4 nitrogen and oxygen atoms in total. The van der Waals surface area contributed by atoms with E-state index in [-0.39, 0.29) is 0 Å². The van der Waals surface area contributed by atoms with Gasteiger partial charge in [0.25, 0.3) is 0 Å². The van der Waals surface area contributed by atoms with Crippen LogP contribution >= 0.6 is 18.8 Å². The van der Waals surface area contributed by atoms with Crippen LogP contribution in [0.2, 0.25) is 0 Å². The summed E-state index contributed by atoms with van der Waals surface area (Å²) in [6.45, 7) is 2.23. The molecule has 2 rings (SSSR count). The molecule has 7 heteroatoms. The van der Waals surface area contributed by atoms with Gasteiger partial charge in [-0.15, -0.1) is 0 Å². The topological polar surface area (TPSA) is 25.1 Å². The van der Waals surface area contributed by atoms with Crippen molar-refractivity contribution in [2.45, 2.75) is 18.9 Å². The molecule has 2 heterocycles. The first-order valence-corrected chi connectivity index (χ1v) is 13.8. The van der Waals surface area contributed by atoms with Crippen LogP contribution in [0.5, 0.6) is 0 Å². The molecule has 0 atom stereocenters. The second-order valence-electron chi connectivity index (χ2n) is 4.79. The number of hydrogen-bond acceptors (Lipinski definition) is 2. The second kappa shape index (κ2) is 5.80. The van der Waals surface area contributed by atoms with Crippen molar-refractivity contribution in [3.8, 4) is 0 Å². The molecule has 0 unspecified atom stereocenters. The molecule has 109 valence electrons. The van der Waals surface area contributed by atoms with E-state index in [0.29, 0.717) is 6.04 Å². The summed E-state index contributed by atoms with van der Waals surface area (Å²) in [5.41, 5.74) is 0. The number of rotatable bonds is 2. The molecule has 1 saturated heterocycles. The Morgan fingerprint density at radius 2 is 1.61 bits per heavy atom. The van der Waals surface area contributed by atoms with E-state index in [4.69, 9.17) is 18.8 Å². The van der Waals surface area contributed by atoms with Crippen LogP contribution < -0.4 is 3.88 Å². The van der Waals surface area contributed by atoms with Gasteiger partial charge in [-0.05, 0) is 0 Å². The molecule has 1 aromatic heterocycles. The quantitative estimate of drug-likeness (QED) is 0.708. The Bertz CT molecular complexity index is 471. The van der Waals surface area contributed by atoms with E-state index in [9.17, 15) is 0 Å². The maximum atomic E-state index is 6.66. The fraction of sp³-hybridized carbons (Fsp3) is 0.727. The molecule has 1 aromatic rings. The van der Waals surface area contributed by atoms with Crippen LogP contribution in [0.1, 0.15) is 12.8 Å². The molecular weight excluding hydrogens is 454 g/mol. The Balaban J connectivity index is 2.25. The van der Waals surface area contributed by atoms with Crippen molar-refractivity contribution < 1.29 is 13.8 Å². The summed E-state index contributed by atoms with van der Waals surface area (Å²) in [5, 5.41) is 0. The average molecular weight is 475 g/mol. The number of piperidine rings is 1. The zero-order valence-corrected chi connectivity index (χ0v) is 14.8. The first-order chi connectivity index (χ1) is 8.40. The van der Waals surface area contributed by atoms with Gasteiger partial charge in [-0.25, -0.2) is 0 Å². The van der Waals surface area contributed by atoms with Gasteiger partial charge < -0.3 is 0 Å². The number of imidazole rings is 1. The van der Waals surface area contributed by atoms with E-state index in [1.54, 1.807) is 0 Å². The van der Waals surface area contributed by atoms with Crippen LogP contribution in [0.3, 0.4) is 0 Å². The molecule has 1 fully saturated rings. The van der Waals surface area contributed by atoms with Crippen molar-refractivity contribution >= 4 is 18.8 Å². The van der Waals surface area contributed by atoms with Crippen molar-refractivity contribution in [2.75, 3.05) is 20.1 Å². The Morgan fingerprint density at radius 1 is 1.11 bits per heavy atom. The minimum absolute atomic E-state index is 0.447. The summed E-state index contributed by atoms with van der Waals surface area (Å²) in [7, 11) is 19.5. The first kappa shape index (κ1) is 14.8. The molecule has 0 bridgehead atoms. The summed E-state index contributed by atoms with van der Waals surface area (Å²) in [5.74, 6) is 0. The Morgan fingerprint density at radius 3 is 2.11 bits per heavy atom. The normalized spacial score (nSPS) is 20.3. The summed E-state index contributed by atoms with van der Waals surface area (Å²) in [6.07, 6.45) is 6.23. The Labute approximate surface area is 119 Å². The molecule has 0 amide bonds. The van der Waals surface area contributed by atoms with E-state index < -0.39 is 13.8 Å². The van der Waals surface area contributed by atoms with Crippen LogP contribution in [0, 0.1) is 3.80 Å². The summed E-state index contributed by atoms with van der Waals surface area (Å²) in [4.78, 5) is 2.34. The standard InChI is InChI=1S/C6H13N2.C5H8N2.2ClH.Pt/c1-8-4-2-6(7)3-5-8;1-6-3-4-7(2)5-6;;;/h6-7H,2-5H2,1H3;3-4H,1-2H3;2*1H;/q-1;;;;+3/p-2. The molecule has 1 aliphatic heterocycles. The van der Waals surface area contributed by atoms with E-state index >= 15 is 0 Å². The monoisotopic (exact) mass is 474 g/mol. The van der Waals surface area contributed by atoms with Gasteiger partial charge in [-0.2, -0.15) is 0 Å². The second-order valence-corrected chi connectivity index (χ2v) is 15.9. The summed E-state index contributed by atoms with van der Waals surface area (Å²) in [6, 6.07) is 0.447. The Kier molecular flexibility index (Phi) is 4.77. The molecular formula is C11H21Cl2N4Pt. The van der Waals surface area contributed by atoms with E-state index in [2.05, 4.69) is 15.8 Å². The number of halogens is 2. The fourth-order valence-corrected chi connectivity index (χ4v) is 11.0. The van der Waals surface area contributed by atoms with Crippen molar-refractivity contribution in [1.82, 2.24) is 17.9 Å². The van der Waals surface area contributed by atoms with Crippen LogP contribution in [0.4, 0.5) is 0 Å². The van der Waals surface area contributed by atoms with Crippen molar-refractivity contribution in [3.63, 3.8) is 0 Å². The molecule has 0 radical (unpaired) electrons. The fourth-order valence-electron chi connectivity index (χ4n) is 2.15. The SMILES string of the molecule is CN1CCC([NH][Pt]([Cl])([Cl])=[c]2n(C)ccn2C)CC1. The van der Waals surface area contributed by atoms with Gasteiger partial charge in [0, 0.05) is 0 Å². The number of aromatic nitrogens is 2. The third-order valence-electron chi connectivity index (χ3n) is 3.19. The van der Waals surface area contributed by atoms with Gasteiger partial charge in [0.1, 0.15) is 0 Å². The van der Waals surface area contributed by atoms with Gasteiger partial charge >= 0.3 is 120 Å². The maximum absolute atomic E-state index is 6.66. The third-order valence-corrected chi connectivity index (χ3v) is 10.7. The summed E-state index contributed by atoms with van der Waals surface area (Å²) < 4.78 is 8.63. The van der Waals surface area contributed by atoms with E-state index in [1.807, 2.05) is 35.6 Å². The van der Waals surface area contributed by atoms with Crippen LogP contribution in [0.25, 0.3) is 0 Å². The number of hydrogen-bond donors (Lipinski definition) is 1. The zero-order chi connectivity index (χ0) is 13.3. The van der Waals surface area contributed by atoms with Gasteiger partial charge in [0.05, 0.1) is 0 Å². The van der Waals surface area contributed by atoms with Gasteiger partial charge in [0.15, 0.2) is 0 Å². The minimum atomic E-state index is -3.10. The predicted molar refractivity (Wildman–Crippen MR) is 73.0 cm³/mol. The Hall–Kier alpha value is 0.398. The van der Waals surface area contributed by atoms with Crippen LogP contribution in [0.15, 0.2) is 12.4 Å². The van der Waals surface area contributed by atoms with E-state index in [0.717, 1.165) is 29.7 Å². The van der Waals surface area contributed by atoms with Gasteiger partial charge in [0.2, 0.25) is 0 Å². The first-order valence-electron chi connectivity index (χ1n) is 5.93. The number of nitrogens with zero attached hydrogens (tertiary/aromatic N) is 3. The van der Waals surface area contributed by atoms with Gasteiger partial charge in [-0.3, -0.25) is 0 Å². The molecule has 1 aliphatic rings. The van der Waals surface area contributed by atoms with Crippen LogP contribution in [-0.2, 0) is 27.9 Å². The molecule has 1 N–H and O–H groups in total. The van der Waals surface area contributed by atoms with Crippen molar-refractivity contribution in [3.05, 3.63) is 16.2 Å². The van der Waals surface area contributed by atoms with Crippen molar-refractivity contribution in [2.24, 2.45) is 14.1 Å². The average Bonchev–Trinajstić information content (AvgIpc) is 2.62. The number of aryl methyl sites for hydroxylation is 2. The molecule has 0 spiro atoms. The van der Waals surface area contributed by atoms with Crippen LogP contribution in [-0.4, -0.2) is 40.2 Å². The number of nitrogens with one attached hydrogen (secondary N) is 1. The van der Waals surface area contributed by atoms with Crippen molar-refractivity contribution in [1.29, 1.82) is 0 Å². The third kappa shape index (κ3) is 3.29. The zero-order valence-electron chi connectivity index (χ0n) is 11.0. The van der Waals surface area contributed by atoms with E-state index in [1.165, 1.54) is 0 Å². The molecule has 0 aliphatic carbocycles. The van der Waals surface area contributed by atoms with Gasteiger partial charge in [-0.1, -0.05) is 0 Å². The predicted octanol–water partition coefficient (Wildman–Crippen LogP) is 1.96. The summed E-state index contributed by atoms with van der Waals surface area (Å²) >= 11 is -3.10. The molecule has 18 heavy (non-hydrogen) atoms.